The molecule has 128 valence electrons. The Kier molecular flexibility index (Phi) is 11.7. The van der Waals surface area contributed by atoms with Crippen molar-refractivity contribution in [1.82, 2.24) is 15.1 Å². The fourth-order valence-electron chi connectivity index (χ4n) is 2.27. The van der Waals surface area contributed by atoms with Crippen LogP contribution in [0.1, 0.15) is 10.4 Å². The molecule has 22 heavy (non-hydrogen) atoms. The average Bonchev–Trinajstić information content (AvgIpc) is 2.40. The minimum atomic E-state index is -0.0402. The Morgan fingerprint density at radius 2 is 1.77 bits per heavy atom. The van der Waals surface area contributed by atoms with Crippen molar-refractivity contribution < 1.29 is 4.79 Å². The van der Waals surface area contributed by atoms with E-state index in [0.717, 1.165) is 19.6 Å². The molecular weight excluding hydrogens is 347 g/mol. The number of halogens is 3. The molecule has 1 aliphatic rings. The molecule has 1 aliphatic heterocycles. The van der Waals surface area contributed by atoms with Gasteiger partial charge in [-0.05, 0) is 38.4 Å². The molecule has 0 radical (unpaired) electrons. The lowest BCUT2D eigenvalue weighted by molar-refractivity contribution is 0.0881. The lowest BCUT2D eigenvalue weighted by atomic mass is 10.1. The third-order valence-corrected chi connectivity index (χ3v) is 3.65. The number of benzene rings is 1. The van der Waals surface area contributed by atoms with Gasteiger partial charge in [-0.3, -0.25) is 9.69 Å². The number of piperazine rings is 1. The first-order valence-corrected chi connectivity index (χ1v) is 6.59. The minimum Gasteiger partial charge on any atom is -0.399 e. The molecule has 0 spiro atoms. The number of carbonyl (C=O) groups is 1. The molecule has 5 nitrogen and oxygen atoms in total. The summed E-state index contributed by atoms with van der Waals surface area (Å²) in [7, 11) is 4.22. The van der Waals surface area contributed by atoms with Gasteiger partial charge >= 0.3 is 0 Å². The number of amides is 1. The van der Waals surface area contributed by atoms with Crippen molar-refractivity contribution >= 4 is 48.8 Å². The summed E-state index contributed by atoms with van der Waals surface area (Å²) in [5.74, 6) is -0.0402. The van der Waals surface area contributed by atoms with Crippen LogP contribution in [0.4, 0.5) is 5.69 Å². The Balaban J connectivity index is 0. The van der Waals surface area contributed by atoms with E-state index in [-0.39, 0.29) is 43.1 Å². The summed E-state index contributed by atoms with van der Waals surface area (Å²) in [5, 5.41) is 2.99. The van der Waals surface area contributed by atoms with Gasteiger partial charge in [0.15, 0.2) is 0 Å². The van der Waals surface area contributed by atoms with Crippen LogP contribution in [-0.4, -0.2) is 62.0 Å². The lowest BCUT2D eigenvalue weighted by Gasteiger charge is -2.37. The van der Waals surface area contributed by atoms with Crippen molar-refractivity contribution in [3.8, 4) is 0 Å². The molecule has 8 heteroatoms. The van der Waals surface area contributed by atoms with Gasteiger partial charge in [-0.1, -0.05) is 0 Å². The maximum absolute atomic E-state index is 12.0. The summed E-state index contributed by atoms with van der Waals surface area (Å²) in [4.78, 5) is 16.6. The Bertz CT molecular complexity index is 444. The monoisotopic (exact) mass is 370 g/mol. The topological polar surface area (TPSA) is 61.6 Å². The van der Waals surface area contributed by atoms with Crippen LogP contribution < -0.4 is 11.1 Å². The summed E-state index contributed by atoms with van der Waals surface area (Å²) >= 11 is 0. The summed E-state index contributed by atoms with van der Waals surface area (Å²) in [6.45, 7) is 3.78. The lowest BCUT2D eigenvalue weighted by Crippen LogP contribution is -2.54. The van der Waals surface area contributed by atoms with Crippen LogP contribution in [0.25, 0.3) is 0 Å². The van der Waals surface area contributed by atoms with E-state index >= 15 is 0 Å². The normalized spacial score (nSPS) is 18.4. The van der Waals surface area contributed by atoms with Crippen molar-refractivity contribution in [2.75, 3.05) is 46.0 Å². The minimum absolute atomic E-state index is 0. The van der Waals surface area contributed by atoms with Crippen LogP contribution >= 0.6 is 37.2 Å². The Morgan fingerprint density at radius 3 is 2.36 bits per heavy atom. The zero-order chi connectivity index (χ0) is 13.8. The summed E-state index contributed by atoms with van der Waals surface area (Å²) < 4.78 is 0. The second-order valence-electron chi connectivity index (χ2n) is 5.23. The highest BCUT2D eigenvalue weighted by Gasteiger charge is 2.22. The molecule has 1 atom stereocenters. The highest BCUT2D eigenvalue weighted by molar-refractivity contribution is 5.94. The third kappa shape index (κ3) is 6.58. The molecule has 1 aromatic carbocycles. The largest absolute Gasteiger partial charge is 0.399 e. The predicted molar refractivity (Wildman–Crippen MR) is 98.8 cm³/mol. The number of anilines is 1. The molecule has 2 rings (SSSR count). The van der Waals surface area contributed by atoms with Gasteiger partial charge < -0.3 is 16.0 Å². The van der Waals surface area contributed by atoms with Crippen LogP contribution in [-0.2, 0) is 0 Å². The maximum Gasteiger partial charge on any atom is 0.251 e. The molecule has 1 heterocycles. The standard InChI is InChI=1S/C14H22N4O.3ClH/c1-17-7-8-18(2)13(10-17)9-16-14(19)11-3-5-12(15)6-4-11;;;/h3-6,13H,7-10,15H2,1-2H3,(H,16,19);3*1H. The smallest absolute Gasteiger partial charge is 0.251 e. The SMILES string of the molecule is CN1CCN(C)C(CNC(=O)c2ccc(N)cc2)C1.Cl.Cl.Cl. The Hall–Kier alpha value is -0.720. The van der Waals surface area contributed by atoms with Crippen LogP contribution in [0.15, 0.2) is 24.3 Å². The van der Waals surface area contributed by atoms with Crippen molar-refractivity contribution in [2.24, 2.45) is 0 Å². The van der Waals surface area contributed by atoms with E-state index in [9.17, 15) is 4.79 Å². The van der Waals surface area contributed by atoms with E-state index < -0.39 is 0 Å². The second-order valence-corrected chi connectivity index (χ2v) is 5.23. The molecule has 1 unspecified atom stereocenters. The van der Waals surface area contributed by atoms with Crippen molar-refractivity contribution in [2.45, 2.75) is 6.04 Å². The molecule has 1 aromatic rings. The van der Waals surface area contributed by atoms with E-state index in [4.69, 9.17) is 5.73 Å². The first-order chi connectivity index (χ1) is 9.06. The second kappa shape index (κ2) is 10.9. The van der Waals surface area contributed by atoms with E-state index in [1.54, 1.807) is 24.3 Å². The van der Waals surface area contributed by atoms with E-state index in [1.165, 1.54) is 0 Å². The number of rotatable bonds is 3. The molecular formula is C14H25Cl3N4O. The summed E-state index contributed by atoms with van der Waals surface area (Å²) in [6.07, 6.45) is 0. The molecule has 3 N–H and O–H groups in total. The number of likely N-dealkylation sites (N-methyl/N-ethyl adjacent to an activating group) is 2. The van der Waals surface area contributed by atoms with Crippen LogP contribution in [0.2, 0.25) is 0 Å². The van der Waals surface area contributed by atoms with Gasteiger partial charge in [-0.25, -0.2) is 0 Å². The average molecular weight is 372 g/mol. The molecule has 1 saturated heterocycles. The van der Waals surface area contributed by atoms with Crippen LogP contribution in [0.5, 0.6) is 0 Å². The summed E-state index contributed by atoms with van der Waals surface area (Å²) in [6, 6.07) is 7.37. The predicted octanol–water partition coefficient (Wildman–Crippen LogP) is 1.51. The van der Waals surface area contributed by atoms with Crippen molar-refractivity contribution in [3.63, 3.8) is 0 Å². The molecule has 1 amide bonds. The molecule has 0 aromatic heterocycles. The van der Waals surface area contributed by atoms with Crippen LogP contribution in [0, 0.1) is 0 Å². The third-order valence-electron chi connectivity index (χ3n) is 3.65. The maximum atomic E-state index is 12.0. The number of nitrogens with one attached hydrogen (secondary N) is 1. The Morgan fingerprint density at radius 1 is 1.18 bits per heavy atom. The number of hydrogen-bond acceptors (Lipinski definition) is 4. The molecule has 0 bridgehead atoms. The zero-order valence-electron chi connectivity index (χ0n) is 12.8. The fourth-order valence-corrected chi connectivity index (χ4v) is 2.27. The first-order valence-electron chi connectivity index (χ1n) is 6.59. The highest BCUT2D eigenvalue weighted by atomic mass is 35.5. The highest BCUT2D eigenvalue weighted by Crippen LogP contribution is 2.07. The van der Waals surface area contributed by atoms with Gasteiger partial charge in [-0.15, -0.1) is 37.2 Å². The first kappa shape index (κ1) is 23.5. The summed E-state index contributed by atoms with van der Waals surface area (Å²) in [5.41, 5.74) is 6.93. The van der Waals surface area contributed by atoms with E-state index in [0.29, 0.717) is 23.8 Å². The van der Waals surface area contributed by atoms with Gasteiger partial charge in [0.2, 0.25) is 0 Å². The number of carbonyl (C=O) groups excluding carboxylic acids is 1. The Labute approximate surface area is 150 Å². The van der Waals surface area contributed by atoms with Crippen LogP contribution in [0.3, 0.4) is 0 Å². The van der Waals surface area contributed by atoms with Gasteiger partial charge in [0, 0.05) is 43.5 Å². The molecule has 0 aliphatic carbocycles. The van der Waals surface area contributed by atoms with Crippen molar-refractivity contribution in [3.05, 3.63) is 29.8 Å². The number of hydrogen-bond donors (Lipinski definition) is 2. The van der Waals surface area contributed by atoms with Gasteiger partial charge in [0.1, 0.15) is 0 Å². The number of nitrogens with zero attached hydrogens (tertiary/aromatic N) is 2. The molecule has 0 saturated carbocycles. The fraction of sp³-hybridized carbons (Fsp3) is 0.500. The number of nitrogens with two attached hydrogens (primary N) is 1. The van der Waals surface area contributed by atoms with Gasteiger partial charge in [0.05, 0.1) is 0 Å². The number of nitrogen functional groups attached to an aromatic ring is 1. The quantitative estimate of drug-likeness (QED) is 0.791. The van der Waals surface area contributed by atoms with E-state index in [1.807, 2.05) is 0 Å². The zero-order valence-corrected chi connectivity index (χ0v) is 15.3. The van der Waals surface area contributed by atoms with Gasteiger partial charge in [-0.2, -0.15) is 0 Å². The molecule has 1 fully saturated rings. The van der Waals surface area contributed by atoms with Gasteiger partial charge in [0.25, 0.3) is 5.91 Å². The van der Waals surface area contributed by atoms with E-state index in [2.05, 4.69) is 29.2 Å². The van der Waals surface area contributed by atoms with Crippen molar-refractivity contribution in [1.29, 1.82) is 0 Å².